The Hall–Kier alpha value is -2.37. The van der Waals surface area contributed by atoms with E-state index in [-0.39, 0.29) is 17.9 Å². The number of likely N-dealkylation sites (tertiary alicyclic amines) is 1. The van der Waals surface area contributed by atoms with E-state index in [1.165, 1.54) is 37.7 Å². The minimum atomic E-state index is -0.355. The van der Waals surface area contributed by atoms with Crippen molar-refractivity contribution in [1.29, 1.82) is 0 Å². The molecule has 0 radical (unpaired) electrons. The largest absolute Gasteiger partial charge is 0.374 e. The highest BCUT2D eigenvalue weighted by molar-refractivity contribution is 6.01. The van der Waals surface area contributed by atoms with Crippen molar-refractivity contribution < 1.29 is 14.4 Å². The Morgan fingerprint density at radius 2 is 1.67 bits per heavy atom. The van der Waals surface area contributed by atoms with Crippen molar-refractivity contribution in [1.82, 2.24) is 10.2 Å². The first kappa shape index (κ1) is 20.9. The smallest absolute Gasteiger partial charge is 0.249 e. The summed E-state index contributed by atoms with van der Waals surface area (Å²) in [7, 11) is 0. The number of carbonyl (C=O) groups excluding carboxylic acids is 3. The first-order valence-electron chi connectivity index (χ1n) is 11.6. The number of imide groups is 1. The van der Waals surface area contributed by atoms with Crippen LogP contribution >= 0.6 is 0 Å². The third-order valence-electron chi connectivity index (χ3n) is 7.00. The molecule has 2 N–H and O–H groups in total. The maximum absolute atomic E-state index is 12.7. The molecular formula is C24H33N3O3. The van der Waals surface area contributed by atoms with Crippen molar-refractivity contribution in [3.63, 3.8) is 0 Å². The number of nitrogens with one attached hydrogen (secondary N) is 2. The van der Waals surface area contributed by atoms with Crippen LogP contribution in [-0.2, 0) is 14.4 Å². The molecule has 30 heavy (non-hydrogen) atoms. The number of carbonyl (C=O) groups is 3. The summed E-state index contributed by atoms with van der Waals surface area (Å²) in [6.45, 7) is 1.71. The molecule has 2 heterocycles. The van der Waals surface area contributed by atoms with Crippen LogP contribution in [0.4, 0.5) is 5.69 Å². The molecule has 0 bridgehead atoms. The van der Waals surface area contributed by atoms with Crippen molar-refractivity contribution in [2.75, 3.05) is 18.4 Å². The van der Waals surface area contributed by atoms with E-state index in [0.717, 1.165) is 38.0 Å². The monoisotopic (exact) mass is 411 g/mol. The Balaban J connectivity index is 1.25. The van der Waals surface area contributed by atoms with E-state index >= 15 is 0 Å². The maximum Gasteiger partial charge on any atom is 0.249 e. The molecule has 1 saturated carbocycles. The Bertz CT molecular complexity index is 762. The van der Waals surface area contributed by atoms with Crippen molar-refractivity contribution in [2.45, 2.75) is 76.2 Å². The molecule has 2 saturated heterocycles. The molecule has 3 aliphatic rings. The predicted octanol–water partition coefficient (Wildman–Crippen LogP) is 3.58. The third-order valence-corrected chi connectivity index (χ3v) is 7.00. The van der Waals surface area contributed by atoms with Gasteiger partial charge in [0, 0.05) is 31.6 Å². The highest BCUT2D eigenvalue weighted by atomic mass is 16.2. The van der Waals surface area contributed by atoms with Gasteiger partial charge in [0.1, 0.15) is 6.04 Å². The molecule has 3 fully saturated rings. The predicted molar refractivity (Wildman–Crippen MR) is 116 cm³/mol. The summed E-state index contributed by atoms with van der Waals surface area (Å²) in [4.78, 5) is 37.9. The van der Waals surface area contributed by atoms with Crippen LogP contribution in [0.15, 0.2) is 24.3 Å². The number of hydrogen-bond acceptors (Lipinski definition) is 4. The normalized spacial score (nSPS) is 23.9. The van der Waals surface area contributed by atoms with Gasteiger partial charge < -0.3 is 10.2 Å². The van der Waals surface area contributed by atoms with Crippen LogP contribution in [0, 0.1) is 5.92 Å². The maximum atomic E-state index is 12.7. The Morgan fingerprint density at radius 3 is 2.33 bits per heavy atom. The van der Waals surface area contributed by atoms with Crippen LogP contribution in [0.2, 0.25) is 0 Å². The number of benzene rings is 1. The molecule has 162 valence electrons. The molecule has 6 heteroatoms. The zero-order valence-corrected chi connectivity index (χ0v) is 17.7. The SMILES string of the molecule is O=C1CCC(Nc2ccc(C3CCN(C(=O)CC4CCCCC4)CC3)cc2)C(=O)N1. The van der Waals surface area contributed by atoms with Gasteiger partial charge in [-0.3, -0.25) is 19.7 Å². The quantitative estimate of drug-likeness (QED) is 0.726. The van der Waals surface area contributed by atoms with Gasteiger partial charge in [-0.1, -0.05) is 31.4 Å². The van der Waals surface area contributed by atoms with Crippen molar-refractivity contribution >= 4 is 23.4 Å². The molecule has 4 rings (SSSR count). The van der Waals surface area contributed by atoms with Crippen LogP contribution in [0.3, 0.4) is 0 Å². The summed E-state index contributed by atoms with van der Waals surface area (Å²) in [5.41, 5.74) is 2.19. The topological polar surface area (TPSA) is 78.5 Å². The molecular weight excluding hydrogens is 378 g/mol. The van der Waals surface area contributed by atoms with E-state index in [1.54, 1.807) is 0 Å². The summed E-state index contributed by atoms with van der Waals surface area (Å²) in [6.07, 6.45) is 10.0. The zero-order valence-electron chi connectivity index (χ0n) is 17.7. The minimum absolute atomic E-state index is 0.197. The van der Waals surface area contributed by atoms with E-state index in [9.17, 15) is 14.4 Å². The van der Waals surface area contributed by atoms with Crippen molar-refractivity contribution in [3.8, 4) is 0 Å². The average Bonchev–Trinajstić information content (AvgIpc) is 2.77. The van der Waals surface area contributed by atoms with Gasteiger partial charge in [0.25, 0.3) is 0 Å². The van der Waals surface area contributed by atoms with Gasteiger partial charge in [-0.05, 0) is 61.6 Å². The third kappa shape index (κ3) is 5.21. The summed E-state index contributed by atoms with van der Waals surface area (Å²) < 4.78 is 0. The molecule has 1 aliphatic carbocycles. The van der Waals surface area contributed by atoms with E-state index in [1.807, 2.05) is 12.1 Å². The Labute approximate surface area is 178 Å². The average molecular weight is 412 g/mol. The second-order valence-corrected chi connectivity index (χ2v) is 9.13. The number of amides is 3. The summed E-state index contributed by atoms with van der Waals surface area (Å²) in [5.74, 6) is 0.989. The number of piperidine rings is 2. The van der Waals surface area contributed by atoms with E-state index < -0.39 is 0 Å². The van der Waals surface area contributed by atoms with Crippen LogP contribution in [-0.4, -0.2) is 41.8 Å². The zero-order chi connectivity index (χ0) is 20.9. The molecule has 6 nitrogen and oxygen atoms in total. The molecule has 0 spiro atoms. The number of nitrogens with zero attached hydrogens (tertiary/aromatic N) is 1. The summed E-state index contributed by atoms with van der Waals surface area (Å²) in [5, 5.41) is 5.60. The number of anilines is 1. The standard InChI is InChI=1S/C24H33N3O3/c28-22-11-10-21(24(30)26-22)25-20-8-6-18(7-9-20)19-12-14-27(15-13-19)23(29)16-17-4-2-1-3-5-17/h6-9,17,19,21,25H,1-5,10-16H2,(H,26,28,30). The highest BCUT2D eigenvalue weighted by Crippen LogP contribution is 2.31. The summed E-state index contributed by atoms with van der Waals surface area (Å²) in [6, 6.07) is 7.92. The van der Waals surface area contributed by atoms with Gasteiger partial charge in [-0.25, -0.2) is 0 Å². The Morgan fingerprint density at radius 1 is 0.967 bits per heavy atom. The van der Waals surface area contributed by atoms with E-state index in [2.05, 4.69) is 27.7 Å². The van der Waals surface area contributed by atoms with Gasteiger partial charge >= 0.3 is 0 Å². The molecule has 3 amide bonds. The van der Waals surface area contributed by atoms with E-state index in [4.69, 9.17) is 0 Å². The van der Waals surface area contributed by atoms with Crippen LogP contribution in [0.5, 0.6) is 0 Å². The first-order chi connectivity index (χ1) is 14.6. The fourth-order valence-corrected chi connectivity index (χ4v) is 5.11. The minimum Gasteiger partial charge on any atom is -0.374 e. The lowest BCUT2D eigenvalue weighted by molar-refractivity contribution is -0.134. The fourth-order valence-electron chi connectivity index (χ4n) is 5.11. The first-order valence-corrected chi connectivity index (χ1v) is 11.6. The van der Waals surface area contributed by atoms with Crippen molar-refractivity contribution in [2.24, 2.45) is 5.92 Å². The van der Waals surface area contributed by atoms with Crippen molar-refractivity contribution in [3.05, 3.63) is 29.8 Å². The van der Waals surface area contributed by atoms with Gasteiger partial charge in [0.15, 0.2) is 0 Å². The van der Waals surface area contributed by atoms with Gasteiger partial charge in [-0.15, -0.1) is 0 Å². The Kier molecular flexibility index (Phi) is 6.70. The van der Waals surface area contributed by atoms with Crippen LogP contribution in [0.1, 0.15) is 75.7 Å². The number of hydrogen-bond donors (Lipinski definition) is 2. The molecule has 1 aromatic carbocycles. The lowest BCUT2D eigenvalue weighted by Gasteiger charge is -2.33. The second kappa shape index (κ2) is 9.63. The number of rotatable bonds is 5. The summed E-state index contributed by atoms with van der Waals surface area (Å²) >= 11 is 0. The highest BCUT2D eigenvalue weighted by Gasteiger charge is 2.27. The van der Waals surface area contributed by atoms with Gasteiger partial charge in [0.2, 0.25) is 17.7 Å². The van der Waals surface area contributed by atoms with E-state index in [0.29, 0.717) is 30.6 Å². The molecule has 0 aromatic heterocycles. The molecule has 1 unspecified atom stereocenters. The fraction of sp³-hybridized carbons (Fsp3) is 0.625. The van der Waals surface area contributed by atoms with Gasteiger partial charge in [0.05, 0.1) is 0 Å². The lowest BCUT2D eigenvalue weighted by atomic mass is 9.85. The van der Waals surface area contributed by atoms with Crippen LogP contribution < -0.4 is 10.6 Å². The second-order valence-electron chi connectivity index (χ2n) is 9.13. The molecule has 1 aromatic rings. The molecule has 2 aliphatic heterocycles. The van der Waals surface area contributed by atoms with Crippen LogP contribution in [0.25, 0.3) is 0 Å². The lowest BCUT2D eigenvalue weighted by Crippen LogP contribution is -2.47. The van der Waals surface area contributed by atoms with Gasteiger partial charge in [-0.2, -0.15) is 0 Å². The molecule has 1 atom stereocenters.